The van der Waals surface area contributed by atoms with Crippen molar-refractivity contribution in [3.8, 4) is 5.75 Å². The van der Waals surface area contributed by atoms with E-state index in [1.807, 2.05) is 0 Å². The first kappa shape index (κ1) is 10.4. The van der Waals surface area contributed by atoms with Crippen LogP contribution in [0.2, 0.25) is 0 Å². The molecular formula is C11H12F2O2. The molecule has 15 heavy (non-hydrogen) atoms. The molecule has 1 atom stereocenters. The van der Waals surface area contributed by atoms with E-state index < -0.39 is 11.6 Å². The van der Waals surface area contributed by atoms with Crippen LogP contribution in [0.3, 0.4) is 0 Å². The third-order valence-electron chi connectivity index (χ3n) is 2.36. The molecule has 0 saturated carbocycles. The van der Waals surface area contributed by atoms with Gasteiger partial charge in [0, 0.05) is 6.61 Å². The molecule has 0 spiro atoms. The van der Waals surface area contributed by atoms with Crippen LogP contribution in [0, 0.1) is 11.6 Å². The first-order valence-electron chi connectivity index (χ1n) is 4.96. The lowest BCUT2D eigenvalue weighted by Gasteiger charge is -2.11. The van der Waals surface area contributed by atoms with E-state index in [9.17, 15) is 8.78 Å². The number of halogens is 2. The molecule has 1 aliphatic rings. The van der Waals surface area contributed by atoms with Gasteiger partial charge in [0.05, 0.1) is 6.10 Å². The zero-order valence-corrected chi connectivity index (χ0v) is 8.21. The van der Waals surface area contributed by atoms with Gasteiger partial charge >= 0.3 is 0 Å². The molecule has 1 heterocycles. The second-order valence-electron chi connectivity index (χ2n) is 3.50. The molecule has 0 aliphatic carbocycles. The molecule has 0 aromatic heterocycles. The van der Waals surface area contributed by atoms with Gasteiger partial charge in [-0.1, -0.05) is 6.07 Å². The minimum absolute atomic E-state index is 0.00710. The smallest absolute Gasteiger partial charge is 0.200 e. The van der Waals surface area contributed by atoms with Crippen LogP contribution >= 0.6 is 0 Å². The molecule has 1 aromatic carbocycles. The lowest BCUT2D eigenvalue weighted by atomic mass is 10.2. The van der Waals surface area contributed by atoms with Gasteiger partial charge in [-0.05, 0) is 25.0 Å². The van der Waals surface area contributed by atoms with Crippen molar-refractivity contribution in [1.82, 2.24) is 0 Å². The van der Waals surface area contributed by atoms with Crippen molar-refractivity contribution < 1.29 is 18.3 Å². The lowest BCUT2D eigenvalue weighted by Crippen LogP contribution is -2.16. The van der Waals surface area contributed by atoms with E-state index in [1.165, 1.54) is 12.1 Å². The van der Waals surface area contributed by atoms with E-state index in [0.29, 0.717) is 0 Å². The van der Waals surface area contributed by atoms with Crippen LogP contribution in [0.4, 0.5) is 8.78 Å². The summed E-state index contributed by atoms with van der Waals surface area (Å²) in [4.78, 5) is 0. The van der Waals surface area contributed by atoms with E-state index in [2.05, 4.69) is 0 Å². The van der Waals surface area contributed by atoms with Gasteiger partial charge in [-0.2, -0.15) is 4.39 Å². The Kier molecular flexibility index (Phi) is 3.16. The summed E-state index contributed by atoms with van der Waals surface area (Å²) in [6.45, 7) is 1.00. The molecule has 0 bridgehead atoms. The van der Waals surface area contributed by atoms with Crippen LogP contribution < -0.4 is 4.74 Å². The maximum absolute atomic E-state index is 13.1. The maximum Gasteiger partial charge on any atom is 0.200 e. The quantitative estimate of drug-likeness (QED) is 0.769. The molecule has 1 unspecified atom stereocenters. The molecule has 4 heteroatoms. The third-order valence-corrected chi connectivity index (χ3v) is 2.36. The average Bonchev–Trinajstić information content (AvgIpc) is 2.73. The molecule has 1 aromatic rings. The zero-order chi connectivity index (χ0) is 10.7. The first-order valence-corrected chi connectivity index (χ1v) is 4.96. The summed E-state index contributed by atoms with van der Waals surface area (Å²) in [5.41, 5.74) is 0. The normalized spacial score (nSPS) is 20.5. The van der Waals surface area contributed by atoms with Crippen molar-refractivity contribution >= 4 is 0 Å². The van der Waals surface area contributed by atoms with Crippen molar-refractivity contribution in [3.05, 3.63) is 29.8 Å². The van der Waals surface area contributed by atoms with Gasteiger partial charge in [-0.15, -0.1) is 0 Å². The maximum atomic E-state index is 13.1. The van der Waals surface area contributed by atoms with E-state index in [0.717, 1.165) is 25.5 Å². The van der Waals surface area contributed by atoms with Crippen molar-refractivity contribution in [2.45, 2.75) is 18.9 Å². The predicted octanol–water partition coefficient (Wildman–Crippen LogP) is 2.52. The van der Waals surface area contributed by atoms with Crippen LogP contribution in [0.1, 0.15) is 12.8 Å². The van der Waals surface area contributed by atoms with Gasteiger partial charge in [0.2, 0.25) is 5.82 Å². The second kappa shape index (κ2) is 4.57. The Balaban J connectivity index is 1.95. The highest BCUT2D eigenvalue weighted by atomic mass is 19.2. The molecule has 0 amide bonds. The van der Waals surface area contributed by atoms with Crippen LogP contribution in [-0.2, 0) is 4.74 Å². The number of hydrogen-bond donors (Lipinski definition) is 0. The summed E-state index contributed by atoms with van der Waals surface area (Å²) >= 11 is 0. The molecule has 0 radical (unpaired) electrons. The minimum Gasteiger partial charge on any atom is -0.488 e. The van der Waals surface area contributed by atoms with Gasteiger partial charge < -0.3 is 9.47 Å². The number of benzene rings is 1. The highest BCUT2D eigenvalue weighted by Crippen LogP contribution is 2.20. The standard InChI is InChI=1S/C11H12F2O2/c12-9-4-1-5-10(11(9)13)15-7-8-3-2-6-14-8/h1,4-5,8H,2-3,6-7H2. The van der Waals surface area contributed by atoms with Gasteiger partial charge in [-0.25, -0.2) is 4.39 Å². The number of rotatable bonds is 3. The predicted molar refractivity (Wildman–Crippen MR) is 50.8 cm³/mol. The fourth-order valence-corrected chi connectivity index (χ4v) is 1.55. The Morgan fingerprint density at radius 2 is 2.27 bits per heavy atom. The summed E-state index contributed by atoms with van der Waals surface area (Å²) in [6.07, 6.45) is 1.92. The van der Waals surface area contributed by atoms with Crippen molar-refractivity contribution in [3.63, 3.8) is 0 Å². The highest BCUT2D eigenvalue weighted by molar-refractivity contribution is 5.25. The Hall–Kier alpha value is -1.16. The Labute approximate surface area is 86.8 Å². The van der Waals surface area contributed by atoms with E-state index in [4.69, 9.17) is 9.47 Å². The largest absolute Gasteiger partial charge is 0.488 e. The first-order chi connectivity index (χ1) is 7.27. The van der Waals surface area contributed by atoms with E-state index >= 15 is 0 Å². The molecule has 82 valence electrons. The highest BCUT2D eigenvalue weighted by Gasteiger charge is 2.17. The molecule has 2 nitrogen and oxygen atoms in total. The van der Waals surface area contributed by atoms with Gasteiger partial charge in [-0.3, -0.25) is 0 Å². The Morgan fingerprint density at radius 3 is 3.00 bits per heavy atom. The van der Waals surface area contributed by atoms with Gasteiger partial charge in [0.15, 0.2) is 11.6 Å². The summed E-state index contributed by atoms with van der Waals surface area (Å²) < 4.78 is 36.4. The second-order valence-corrected chi connectivity index (χ2v) is 3.50. The molecule has 0 N–H and O–H groups in total. The average molecular weight is 214 g/mol. The number of hydrogen-bond acceptors (Lipinski definition) is 2. The molecule has 1 fully saturated rings. The topological polar surface area (TPSA) is 18.5 Å². The summed E-state index contributed by atoms with van der Waals surface area (Å²) in [7, 11) is 0. The van der Waals surface area contributed by atoms with Gasteiger partial charge in [0.1, 0.15) is 6.61 Å². The molecule has 2 rings (SSSR count). The molecule has 1 aliphatic heterocycles. The SMILES string of the molecule is Fc1cccc(OCC2CCCO2)c1F. The van der Waals surface area contributed by atoms with Crippen molar-refractivity contribution in [2.24, 2.45) is 0 Å². The zero-order valence-electron chi connectivity index (χ0n) is 8.21. The van der Waals surface area contributed by atoms with E-state index in [-0.39, 0.29) is 18.5 Å². The Bertz CT molecular complexity index is 335. The van der Waals surface area contributed by atoms with Crippen LogP contribution in [0.5, 0.6) is 5.75 Å². The fraction of sp³-hybridized carbons (Fsp3) is 0.455. The fourth-order valence-electron chi connectivity index (χ4n) is 1.55. The van der Waals surface area contributed by atoms with Crippen molar-refractivity contribution in [1.29, 1.82) is 0 Å². The van der Waals surface area contributed by atoms with Crippen LogP contribution in [0.25, 0.3) is 0 Å². The van der Waals surface area contributed by atoms with Crippen LogP contribution in [0.15, 0.2) is 18.2 Å². The Morgan fingerprint density at radius 1 is 1.40 bits per heavy atom. The third kappa shape index (κ3) is 2.45. The lowest BCUT2D eigenvalue weighted by molar-refractivity contribution is 0.0663. The minimum atomic E-state index is -0.935. The molecular weight excluding hydrogens is 202 g/mol. The number of ether oxygens (including phenoxy) is 2. The summed E-state index contributed by atoms with van der Waals surface area (Å²) in [5, 5.41) is 0. The van der Waals surface area contributed by atoms with Gasteiger partial charge in [0.25, 0.3) is 0 Å². The van der Waals surface area contributed by atoms with Crippen molar-refractivity contribution in [2.75, 3.05) is 13.2 Å². The monoisotopic (exact) mass is 214 g/mol. The van der Waals surface area contributed by atoms with E-state index in [1.54, 1.807) is 0 Å². The molecule has 1 saturated heterocycles. The summed E-state index contributed by atoms with van der Waals surface area (Å²) in [6, 6.07) is 3.89. The van der Waals surface area contributed by atoms with Crippen LogP contribution in [-0.4, -0.2) is 19.3 Å². The summed E-state index contributed by atoms with van der Waals surface area (Å²) in [5.74, 6) is -1.87.